The summed E-state index contributed by atoms with van der Waals surface area (Å²) in [5.74, 6) is 0. The van der Waals surface area contributed by atoms with Gasteiger partial charge >= 0.3 is 0 Å². The van der Waals surface area contributed by atoms with E-state index in [2.05, 4.69) is 4.72 Å². The van der Waals surface area contributed by atoms with Gasteiger partial charge < -0.3 is 0 Å². The van der Waals surface area contributed by atoms with Gasteiger partial charge in [-0.05, 0) is 35.9 Å². The number of hydrogen-bond acceptors (Lipinski definition) is 4. The van der Waals surface area contributed by atoms with E-state index < -0.39 is 19.9 Å². The van der Waals surface area contributed by atoms with Gasteiger partial charge in [0.1, 0.15) is 0 Å². The van der Waals surface area contributed by atoms with Crippen LogP contribution in [0.5, 0.6) is 0 Å². The van der Waals surface area contributed by atoms with Crippen LogP contribution in [0.2, 0.25) is 10.0 Å². The molecule has 0 radical (unpaired) electrons. The van der Waals surface area contributed by atoms with Gasteiger partial charge in [0.15, 0.2) is 9.84 Å². The molecule has 0 fully saturated rings. The number of rotatable bonds is 5. The zero-order chi connectivity index (χ0) is 17.3. The number of sulfone groups is 1. The Bertz CT molecular complexity index is 941. The molecule has 2 aromatic carbocycles. The second kappa shape index (κ2) is 6.78. The van der Waals surface area contributed by atoms with E-state index in [1.54, 1.807) is 12.1 Å². The van der Waals surface area contributed by atoms with E-state index in [9.17, 15) is 16.8 Å². The lowest BCUT2D eigenvalue weighted by Gasteiger charge is -2.09. The summed E-state index contributed by atoms with van der Waals surface area (Å²) in [5, 5.41) is 0.785. The minimum Gasteiger partial charge on any atom is -0.224 e. The zero-order valence-electron chi connectivity index (χ0n) is 12.0. The van der Waals surface area contributed by atoms with E-state index in [0.717, 1.165) is 12.3 Å². The highest BCUT2D eigenvalue weighted by Gasteiger charge is 2.17. The van der Waals surface area contributed by atoms with Crippen LogP contribution in [0.3, 0.4) is 0 Å². The number of sulfonamides is 1. The lowest BCUT2D eigenvalue weighted by molar-refractivity contribution is 0.581. The standard InChI is InChI=1S/C14H13Cl2NO4S2/c1-22(18,19)12-3-2-4-13(8-12)23(20,21)17-9-10-5-6-11(15)7-14(10)16/h2-8,17H,9H2,1H3. The third-order valence-corrected chi connectivity index (χ3v) is 6.11. The van der Waals surface area contributed by atoms with E-state index in [1.165, 1.54) is 24.3 Å². The SMILES string of the molecule is CS(=O)(=O)c1cccc(S(=O)(=O)NCc2ccc(Cl)cc2Cl)c1. The molecule has 0 saturated carbocycles. The molecule has 0 heterocycles. The first-order valence-corrected chi connectivity index (χ1v) is 10.5. The first-order valence-electron chi connectivity index (χ1n) is 6.33. The fourth-order valence-corrected chi connectivity index (χ4v) is 4.06. The summed E-state index contributed by atoms with van der Waals surface area (Å²) in [6.07, 6.45) is 1.01. The smallest absolute Gasteiger partial charge is 0.224 e. The average Bonchev–Trinajstić information content (AvgIpc) is 2.45. The fourth-order valence-electron chi connectivity index (χ4n) is 1.79. The van der Waals surface area contributed by atoms with Crippen LogP contribution in [-0.4, -0.2) is 23.1 Å². The Labute approximate surface area is 145 Å². The Kier molecular flexibility index (Phi) is 5.37. The summed E-state index contributed by atoms with van der Waals surface area (Å²) in [6, 6.07) is 9.87. The molecule has 0 aromatic heterocycles. The van der Waals surface area contributed by atoms with Crippen molar-refractivity contribution in [3.8, 4) is 0 Å². The van der Waals surface area contributed by atoms with Gasteiger partial charge in [0.2, 0.25) is 10.0 Å². The van der Waals surface area contributed by atoms with E-state index in [0.29, 0.717) is 15.6 Å². The van der Waals surface area contributed by atoms with Crippen LogP contribution in [-0.2, 0) is 26.4 Å². The Morgan fingerprint density at radius 3 is 2.22 bits per heavy atom. The first kappa shape index (κ1) is 18.2. The number of benzene rings is 2. The predicted octanol–water partition coefficient (Wildman–Crippen LogP) is 2.88. The molecule has 0 aliphatic carbocycles. The van der Waals surface area contributed by atoms with Crippen molar-refractivity contribution >= 4 is 43.1 Å². The van der Waals surface area contributed by atoms with E-state index >= 15 is 0 Å². The quantitative estimate of drug-likeness (QED) is 0.846. The van der Waals surface area contributed by atoms with Crippen LogP contribution in [0.4, 0.5) is 0 Å². The minimum atomic E-state index is -3.87. The van der Waals surface area contributed by atoms with Crippen molar-refractivity contribution in [2.24, 2.45) is 0 Å². The third-order valence-electron chi connectivity index (χ3n) is 3.01. The van der Waals surface area contributed by atoms with Crippen LogP contribution in [0.25, 0.3) is 0 Å². The topological polar surface area (TPSA) is 80.3 Å². The molecule has 0 amide bonds. The maximum Gasteiger partial charge on any atom is 0.240 e. The average molecular weight is 394 g/mol. The molecular weight excluding hydrogens is 381 g/mol. The monoisotopic (exact) mass is 393 g/mol. The predicted molar refractivity (Wildman–Crippen MR) is 90.0 cm³/mol. The molecule has 2 aromatic rings. The molecule has 0 unspecified atom stereocenters. The number of halogens is 2. The van der Waals surface area contributed by atoms with Gasteiger partial charge in [-0.3, -0.25) is 0 Å². The molecule has 0 saturated heterocycles. The molecule has 1 N–H and O–H groups in total. The van der Waals surface area contributed by atoms with E-state index in [-0.39, 0.29) is 16.3 Å². The zero-order valence-corrected chi connectivity index (χ0v) is 15.1. The number of nitrogens with one attached hydrogen (secondary N) is 1. The molecule has 0 atom stereocenters. The van der Waals surface area contributed by atoms with Gasteiger partial charge in [0.25, 0.3) is 0 Å². The largest absolute Gasteiger partial charge is 0.240 e. The van der Waals surface area contributed by atoms with Crippen LogP contribution in [0, 0.1) is 0 Å². The van der Waals surface area contributed by atoms with Gasteiger partial charge in [-0.2, -0.15) is 0 Å². The Morgan fingerprint density at radius 2 is 1.61 bits per heavy atom. The molecule has 2 rings (SSSR count). The van der Waals surface area contributed by atoms with Crippen molar-refractivity contribution in [3.63, 3.8) is 0 Å². The van der Waals surface area contributed by atoms with Crippen LogP contribution in [0.15, 0.2) is 52.3 Å². The molecule has 5 nitrogen and oxygen atoms in total. The number of hydrogen-bond donors (Lipinski definition) is 1. The Balaban J connectivity index is 2.26. The van der Waals surface area contributed by atoms with Gasteiger partial charge in [-0.1, -0.05) is 35.3 Å². The van der Waals surface area contributed by atoms with Crippen molar-refractivity contribution < 1.29 is 16.8 Å². The van der Waals surface area contributed by atoms with Crippen molar-refractivity contribution in [2.45, 2.75) is 16.3 Å². The van der Waals surface area contributed by atoms with E-state index in [1.807, 2.05) is 0 Å². The van der Waals surface area contributed by atoms with E-state index in [4.69, 9.17) is 23.2 Å². The Morgan fingerprint density at radius 1 is 0.957 bits per heavy atom. The normalized spacial score (nSPS) is 12.3. The van der Waals surface area contributed by atoms with Gasteiger partial charge in [0, 0.05) is 22.8 Å². The molecule has 124 valence electrons. The van der Waals surface area contributed by atoms with Crippen molar-refractivity contribution in [1.82, 2.24) is 4.72 Å². The lowest BCUT2D eigenvalue weighted by atomic mass is 10.2. The van der Waals surface area contributed by atoms with Gasteiger partial charge in [-0.25, -0.2) is 21.6 Å². The molecule has 9 heteroatoms. The summed E-state index contributed by atoms with van der Waals surface area (Å²) >= 11 is 11.8. The second-order valence-corrected chi connectivity index (χ2v) is 9.43. The second-order valence-electron chi connectivity index (χ2n) is 4.81. The van der Waals surface area contributed by atoms with Crippen molar-refractivity contribution in [1.29, 1.82) is 0 Å². The van der Waals surface area contributed by atoms with Crippen LogP contribution >= 0.6 is 23.2 Å². The summed E-state index contributed by atoms with van der Waals surface area (Å²) in [5.41, 5.74) is 0.555. The molecular formula is C14H13Cl2NO4S2. The highest BCUT2D eigenvalue weighted by molar-refractivity contribution is 7.91. The molecule has 0 aliphatic rings. The molecule has 23 heavy (non-hydrogen) atoms. The van der Waals surface area contributed by atoms with Crippen LogP contribution in [0.1, 0.15) is 5.56 Å². The minimum absolute atomic E-state index is 0.0402. The summed E-state index contributed by atoms with van der Waals surface area (Å²) in [4.78, 5) is -0.199. The highest BCUT2D eigenvalue weighted by atomic mass is 35.5. The molecule has 0 spiro atoms. The van der Waals surface area contributed by atoms with Crippen LogP contribution < -0.4 is 4.72 Å². The summed E-state index contributed by atoms with van der Waals surface area (Å²) in [6.45, 7) is -0.0402. The fraction of sp³-hybridized carbons (Fsp3) is 0.143. The first-order chi connectivity index (χ1) is 10.6. The maximum absolute atomic E-state index is 12.3. The van der Waals surface area contributed by atoms with Gasteiger partial charge in [0.05, 0.1) is 9.79 Å². The maximum atomic E-state index is 12.3. The summed E-state index contributed by atoms with van der Waals surface area (Å²) < 4.78 is 50.0. The van der Waals surface area contributed by atoms with Crippen molar-refractivity contribution in [3.05, 3.63) is 58.1 Å². The third kappa shape index (κ3) is 4.68. The van der Waals surface area contributed by atoms with Gasteiger partial charge in [-0.15, -0.1) is 0 Å². The highest BCUT2D eigenvalue weighted by Crippen LogP contribution is 2.22. The van der Waals surface area contributed by atoms with Crippen molar-refractivity contribution in [2.75, 3.05) is 6.26 Å². The summed E-state index contributed by atoms with van der Waals surface area (Å²) in [7, 11) is -7.37. The lowest BCUT2D eigenvalue weighted by Crippen LogP contribution is -2.23. The molecule has 0 bridgehead atoms. The molecule has 0 aliphatic heterocycles. The Hall–Kier alpha value is -1.12.